The minimum atomic E-state index is -4.16. The number of aromatic nitrogens is 3. The van der Waals surface area contributed by atoms with Crippen LogP contribution in [-0.4, -0.2) is 52.7 Å². The van der Waals surface area contributed by atoms with Gasteiger partial charge in [-0.15, -0.1) is 0 Å². The van der Waals surface area contributed by atoms with E-state index >= 15 is 0 Å². The molecule has 0 amide bonds. The maximum absolute atomic E-state index is 14.2. The molecule has 0 spiro atoms. The van der Waals surface area contributed by atoms with Crippen LogP contribution in [0.25, 0.3) is 11.0 Å². The van der Waals surface area contributed by atoms with E-state index in [9.17, 15) is 17.8 Å². The van der Waals surface area contributed by atoms with Gasteiger partial charge in [0, 0.05) is 41.0 Å². The fraction of sp³-hybridized carbons (Fsp3) is 0.519. The highest BCUT2D eigenvalue weighted by atomic mass is 32.2. The van der Waals surface area contributed by atoms with Crippen LogP contribution in [0.1, 0.15) is 49.9 Å². The first kappa shape index (κ1) is 27.0. The van der Waals surface area contributed by atoms with E-state index in [-0.39, 0.29) is 33.9 Å². The van der Waals surface area contributed by atoms with Gasteiger partial charge in [-0.05, 0) is 50.2 Å². The second-order valence-corrected chi connectivity index (χ2v) is 14.1. The van der Waals surface area contributed by atoms with Gasteiger partial charge in [0.1, 0.15) is 17.3 Å². The predicted molar refractivity (Wildman–Crippen MR) is 144 cm³/mol. The number of hydrogen-bond acceptors (Lipinski definition) is 8. The summed E-state index contributed by atoms with van der Waals surface area (Å²) >= 11 is -1.87. The van der Waals surface area contributed by atoms with Gasteiger partial charge in [0.2, 0.25) is 10.0 Å². The number of pyridine rings is 1. The quantitative estimate of drug-likeness (QED) is 0.380. The molecule has 5 rings (SSSR count). The zero-order valence-corrected chi connectivity index (χ0v) is 24.2. The lowest BCUT2D eigenvalue weighted by atomic mass is 9.70. The van der Waals surface area contributed by atoms with Crippen molar-refractivity contribution in [3.63, 3.8) is 0 Å². The third-order valence-electron chi connectivity index (χ3n) is 8.86. The highest BCUT2D eigenvalue weighted by molar-refractivity contribution is 7.93. The summed E-state index contributed by atoms with van der Waals surface area (Å²) in [5.41, 5.74) is 1.35. The van der Waals surface area contributed by atoms with Gasteiger partial charge in [-0.2, -0.15) is 8.96 Å². The molecule has 2 aliphatic rings. The molecule has 0 radical (unpaired) electrons. The van der Waals surface area contributed by atoms with Crippen LogP contribution in [0.4, 0.5) is 0 Å². The minimum absolute atomic E-state index is 0.00132. The molecule has 2 saturated carbocycles. The van der Waals surface area contributed by atoms with Gasteiger partial charge in [0.25, 0.3) is 0 Å². The Morgan fingerprint density at radius 1 is 1.21 bits per heavy atom. The molecule has 3 aromatic rings. The topological polar surface area (TPSA) is 123 Å². The molecule has 0 saturated heterocycles. The van der Waals surface area contributed by atoms with E-state index in [1.807, 2.05) is 27.7 Å². The highest BCUT2D eigenvalue weighted by Gasteiger charge is 2.65. The third kappa shape index (κ3) is 3.93. The number of benzene rings is 1. The molecule has 1 aromatic carbocycles. The Kier molecular flexibility index (Phi) is 6.55. The Balaban J connectivity index is 1.63. The number of carbonyl (C=O) groups is 1. The smallest absolute Gasteiger partial charge is 0.338 e. The molecule has 0 N–H and O–H groups in total. The summed E-state index contributed by atoms with van der Waals surface area (Å²) in [5.74, 6) is 0.863. The van der Waals surface area contributed by atoms with E-state index in [2.05, 4.69) is 9.97 Å². The number of carbonyl (C=O) groups excluding carboxylic acids is 1. The van der Waals surface area contributed by atoms with E-state index in [1.165, 1.54) is 7.11 Å². The van der Waals surface area contributed by atoms with Crippen LogP contribution in [-0.2, 0) is 31.7 Å². The standard InChI is InChI=1S/C27H33N3O6S2/c1-16-13-28-21(17(2)24(16)36-6)14-37(32)25-29-20-8-7-19(35-5)12-22(20)30(25)38(33,34)15-27-10-9-18(11-23(27)31)26(27,3)4/h7-8,12-13,18H,9-11,14-15H2,1-6H3/t18-,27-,37?/m1/s1. The van der Waals surface area contributed by atoms with Crippen LogP contribution in [0.15, 0.2) is 29.6 Å². The van der Waals surface area contributed by atoms with Crippen molar-refractivity contribution in [3.05, 3.63) is 41.2 Å². The van der Waals surface area contributed by atoms with Crippen molar-refractivity contribution >= 4 is 38.0 Å². The Labute approximate surface area is 226 Å². The van der Waals surface area contributed by atoms with Gasteiger partial charge in [0.05, 0.1) is 42.1 Å². The molecule has 2 fully saturated rings. The number of ether oxygens (including phenoxy) is 2. The molecule has 1 unspecified atom stereocenters. The van der Waals surface area contributed by atoms with Crippen molar-refractivity contribution in [1.82, 2.24) is 13.9 Å². The van der Waals surface area contributed by atoms with E-state index in [4.69, 9.17) is 9.47 Å². The molecule has 3 atom stereocenters. The molecule has 2 aromatic heterocycles. The molecule has 204 valence electrons. The Morgan fingerprint density at radius 3 is 2.55 bits per heavy atom. The average Bonchev–Trinajstić information content (AvgIpc) is 3.42. The molecule has 9 nitrogen and oxygen atoms in total. The summed E-state index contributed by atoms with van der Waals surface area (Å²) in [6.45, 7) is 7.70. The number of hydrogen-bond donors (Lipinski definition) is 0. The van der Waals surface area contributed by atoms with E-state index in [0.717, 1.165) is 21.5 Å². The second kappa shape index (κ2) is 9.24. The van der Waals surface area contributed by atoms with E-state index < -0.39 is 32.0 Å². The maximum atomic E-state index is 14.2. The number of fused-ring (bicyclic) bond motifs is 3. The third-order valence-corrected chi connectivity index (χ3v) is 12.0. The molecule has 0 aliphatic heterocycles. The lowest BCUT2D eigenvalue weighted by molar-refractivity contribution is -0.128. The first-order valence-electron chi connectivity index (χ1n) is 12.6. The van der Waals surface area contributed by atoms with Crippen LogP contribution < -0.4 is 9.47 Å². The number of imidazole rings is 1. The SMILES string of the molecule is COc1ccc2nc([S+]([O-])Cc3ncc(C)c(OC)c3C)n(S(=O)(=O)C[C@]34CC[C@H](CC3=O)C4(C)C)c2c1. The molecular weight excluding hydrogens is 526 g/mol. The monoisotopic (exact) mass is 559 g/mol. The maximum Gasteiger partial charge on any atom is 0.338 e. The fourth-order valence-corrected chi connectivity index (χ4v) is 10.3. The first-order valence-corrected chi connectivity index (χ1v) is 15.5. The number of rotatable bonds is 8. The van der Waals surface area contributed by atoms with Gasteiger partial charge in [0.15, 0.2) is 5.75 Å². The molecular formula is C27H33N3O6S2. The highest BCUT2D eigenvalue weighted by Crippen LogP contribution is 2.64. The molecule has 2 aliphatic carbocycles. The fourth-order valence-electron chi connectivity index (χ4n) is 6.44. The summed E-state index contributed by atoms with van der Waals surface area (Å²) in [6.07, 6.45) is 3.40. The van der Waals surface area contributed by atoms with Crippen LogP contribution in [0.2, 0.25) is 0 Å². The van der Waals surface area contributed by atoms with Crippen LogP contribution in [0, 0.1) is 30.6 Å². The van der Waals surface area contributed by atoms with Crippen molar-refractivity contribution in [2.24, 2.45) is 16.7 Å². The van der Waals surface area contributed by atoms with Crippen LogP contribution >= 0.6 is 0 Å². The van der Waals surface area contributed by atoms with Gasteiger partial charge in [-0.1, -0.05) is 13.8 Å². The predicted octanol–water partition coefficient (Wildman–Crippen LogP) is 3.95. The number of ketones is 1. The lowest BCUT2D eigenvalue weighted by Crippen LogP contribution is -2.43. The summed E-state index contributed by atoms with van der Waals surface area (Å²) in [7, 11) is -1.10. The molecule has 38 heavy (non-hydrogen) atoms. The number of nitrogens with zero attached hydrogens (tertiary/aromatic N) is 3. The largest absolute Gasteiger partial charge is 0.609 e. The number of Topliss-reactive ketones (excluding diaryl/α,β-unsaturated/α-hetero) is 1. The Hall–Kier alpha value is -2.63. The lowest BCUT2D eigenvalue weighted by Gasteiger charge is -2.36. The van der Waals surface area contributed by atoms with Crippen LogP contribution in [0.3, 0.4) is 0 Å². The van der Waals surface area contributed by atoms with Crippen LogP contribution in [0.5, 0.6) is 11.5 Å². The van der Waals surface area contributed by atoms with Gasteiger partial charge in [-0.3, -0.25) is 9.78 Å². The zero-order chi connectivity index (χ0) is 27.6. The summed E-state index contributed by atoms with van der Waals surface area (Å²) < 4.78 is 54.2. The van der Waals surface area contributed by atoms with E-state index in [0.29, 0.717) is 35.6 Å². The summed E-state index contributed by atoms with van der Waals surface area (Å²) in [6, 6.07) is 4.91. The van der Waals surface area contributed by atoms with Crippen molar-refractivity contribution < 1.29 is 27.2 Å². The van der Waals surface area contributed by atoms with Gasteiger partial charge >= 0.3 is 5.16 Å². The zero-order valence-electron chi connectivity index (χ0n) is 22.5. The summed E-state index contributed by atoms with van der Waals surface area (Å²) in [5, 5.41) is -0.0943. The first-order chi connectivity index (χ1) is 17.9. The second-order valence-electron chi connectivity index (χ2n) is 11.0. The Morgan fingerprint density at radius 2 is 1.95 bits per heavy atom. The van der Waals surface area contributed by atoms with Crippen molar-refractivity contribution in [3.8, 4) is 11.5 Å². The molecule has 2 bridgehead atoms. The van der Waals surface area contributed by atoms with E-state index in [1.54, 1.807) is 31.5 Å². The number of methoxy groups -OCH3 is 2. The van der Waals surface area contributed by atoms with Gasteiger partial charge in [-0.25, -0.2) is 8.42 Å². The minimum Gasteiger partial charge on any atom is -0.609 e. The van der Waals surface area contributed by atoms with Crippen molar-refractivity contribution in [2.45, 2.75) is 57.9 Å². The van der Waals surface area contributed by atoms with Gasteiger partial charge < -0.3 is 14.0 Å². The normalized spacial score (nSPS) is 23.2. The number of aryl methyl sites for hydroxylation is 1. The Bertz CT molecular complexity index is 1550. The van der Waals surface area contributed by atoms with Crippen molar-refractivity contribution in [2.75, 3.05) is 20.0 Å². The molecule has 11 heteroatoms. The molecule has 2 heterocycles. The average molecular weight is 560 g/mol. The van der Waals surface area contributed by atoms with Crippen molar-refractivity contribution in [1.29, 1.82) is 0 Å². The summed E-state index contributed by atoms with van der Waals surface area (Å²) in [4.78, 5) is 22.1.